The molecule has 2 N–H and O–H groups in total. The molecule has 0 saturated carbocycles. The van der Waals surface area contributed by atoms with Gasteiger partial charge in [0.05, 0.1) is 11.9 Å². The van der Waals surface area contributed by atoms with Crippen LogP contribution in [-0.2, 0) is 21.9 Å². The van der Waals surface area contributed by atoms with E-state index >= 15 is 0 Å². The van der Waals surface area contributed by atoms with Crippen molar-refractivity contribution in [3.63, 3.8) is 0 Å². The summed E-state index contributed by atoms with van der Waals surface area (Å²) in [4.78, 5) is 11.0. The second-order valence-corrected chi connectivity index (χ2v) is 6.08. The molecule has 1 heterocycles. The SMILES string of the molecule is Cc1c(S(=O)(=O)N[C@H](C(=O)O)C(C)C)cnn1C. The first-order valence-corrected chi connectivity index (χ1v) is 6.89. The van der Waals surface area contributed by atoms with Crippen molar-refractivity contribution in [1.29, 1.82) is 0 Å². The van der Waals surface area contributed by atoms with E-state index in [4.69, 9.17) is 5.11 Å². The second kappa shape index (κ2) is 5.07. The van der Waals surface area contributed by atoms with Crippen LogP contribution in [0.15, 0.2) is 11.1 Å². The molecule has 8 heteroatoms. The van der Waals surface area contributed by atoms with E-state index in [-0.39, 0.29) is 10.8 Å². The highest BCUT2D eigenvalue weighted by atomic mass is 32.2. The summed E-state index contributed by atoms with van der Waals surface area (Å²) in [5.41, 5.74) is 0.454. The second-order valence-electron chi connectivity index (χ2n) is 4.40. The lowest BCUT2D eigenvalue weighted by Gasteiger charge is -2.17. The van der Waals surface area contributed by atoms with Crippen molar-refractivity contribution >= 4 is 16.0 Å². The van der Waals surface area contributed by atoms with Gasteiger partial charge in [-0.15, -0.1) is 0 Å². The van der Waals surface area contributed by atoms with Gasteiger partial charge in [0, 0.05) is 7.05 Å². The van der Waals surface area contributed by atoms with E-state index in [2.05, 4.69) is 9.82 Å². The zero-order chi connectivity index (χ0) is 14.1. The number of hydrogen-bond donors (Lipinski definition) is 2. The Balaban J connectivity index is 3.09. The Morgan fingerprint density at radius 2 is 2.06 bits per heavy atom. The molecule has 102 valence electrons. The molecule has 1 aromatic heterocycles. The van der Waals surface area contributed by atoms with Gasteiger partial charge in [-0.3, -0.25) is 9.48 Å². The maximum absolute atomic E-state index is 12.1. The first-order valence-electron chi connectivity index (χ1n) is 5.40. The molecule has 0 aliphatic rings. The number of carboxylic acid groups (broad SMARTS) is 1. The summed E-state index contributed by atoms with van der Waals surface area (Å²) in [5.74, 6) is -1.55. The van der Waals surface area contributed by atoms with Crippen LogP contribution in [0.2, 0.25) is 0 Å². The zero-order valence-corrected chi connectivity index (χ0v) is 11.5. The van der Waals surface area contributed by atoms with E-state index in [0.29, 0.717) is 5.69 Å². The van der Waals surface area contributed by atoms with Crippen LogP contribution in [0, 0.1) is 12.8 Å². The molecule has 0 bridgehead atoms. The Morgan fingerprint density at radius 3 is 2.39 bits per heavy atom. The van der Waals surface area contributed by atoms with Gasteiger partial charge in [0.1, 0.15) is 10.9 Å². The summed E-state index contributed by atoms with van der Waals surface area (Å²) in [6.45, 7) is 4.88. The number of rotatable bonds is 5. The van der Waals surface area contributed by atoms with Crippen molar-refractivity contribution in [1.82, 2.24) is 14.5 Å². The minimum Gasteiger partial charge on any atom is -0.480 e. The van der Waals surface area contributed by atoms with Crippen LogP contribution in [-0.4, -0.2) is 35.3 Å². The average molecular weight is 275 g/mol. The van der Waals surface area contributed by atoms with Gasteiger partial charge >= 0.3 is 5.97 Å². The van der Waals surface area contributed by atoms with Crippen LogP contribution in [0.1, 0.15) is 19.5 Å². The number of sulfonamides is 1. The minimum absolute atomic E-state index is 0.00287. The average Bonchev–Trinajstić information content (AvgIpc) is 2.56. The van der Waals surface area contributed by atoms with Crippen molar-refractivity contribution in [3.8, 4) is 0 Å². The van der Waals surface area contributed by atoms with Crippen LogP contribution in [0.25, 0.3) is 0 Å². The zero-order valence-electron chi connectivity index (χ0n) is 10.7. The van der Waals surface area contributed by atoms with E-state index in [1.165, 1.54) is 10.9 Å². The smallest absolute Gasteiger partial charge is 0.322 e. The van der Waals surface area contributed by atoms with Gasteiger partial charge in [-0.1, -0.05) is 13.8 Å². The van der Waals surface area contributed by atoms with Crippen molar-refractivity contribution in [3.05, 3.63) is 11.9 Å². The van der Waals surface area contributed by atoms with Gasteiger partial charge in [0.15, 0.2) is 0 Å². The molecule has 0 aromatic carbocycles. The molecule has 1 atom stereocenters. The molecule has 0 saturated heterocycles. The molecule has 0 fully saturated rings. The lowest BCUT2D eigenvalue weighted by atomic mass is 10.1. The van der Waals surface area contributed by atoms with Crippen LogP contribution >= 0.6 is 0 Å². The van der Waals surface area contributed by atoms with Crippen LogP contribution in [0.5, 0.6) is 0 Å². The topological polar surface area (TPSA) is 101 Å². The normalized spacial score (nSPS) is 13.8. The molecule has 1 aromatic rings. The number of aryl methyl sites for hydroxylation is 1. The Bertz CT molecular complexity index is 547. The summed E-state index contributed by atoms with van der Waals surface area (Å²) in [6, 6.07) is -1.16. The van der Waals surface area contributed by atoms with E-state index < -0.39 is 22.0 Å². The first kappa shape index (κ1) is 14.7. The lowest BCUT2D eigenvalue weighted by molar-refractivity contribution is -0.140. The van der Waals surface area contributed by atoms with Gasteiger partial charge in [-0.25, -0.2) is 8.42 Å². The van der Waals surface area contributed by atoms with E-state index in [1.54, 1.807) is 27.8 Å². The van der Waals surface area contributed by atoms with Gasteiger partial charge in [-0.05, 0) is 12.8 Å². The molecule has 7 nitrogen and oxygen atoms in total. The maximum atomic E-state index is 12.1. The highest BCUT2D eigenvalue weighted by molar-refractivity contribution is 7.89. The number of carbonyl (C=O) groups is 1. The molecule has 1 rings (SSSR count). The summed E-state index contributed by atoms with van der Waals surface area (Å²) < 4.78 is 27.7. The first-order chi connectivity index (χ1) is 8.16. The number of aromatic nitrogens is 2. The summed E-state index contributed by atoms with van der Waals surface area (Å²) in [6.07, 6.45) is 1.21. The highest BCUT2D eigenvalue weighted by Crippen LogP contribution is 2.15. The Kier molecular flexibility index (Phi) is 4.12. The van der Waals surface area contributed by atoms with Crippen molar-refractivity contribution in [2.24, 2.45) is 13.0 Å². The molecule has 0 aliphatic carbocycles. The van der Waals surface area contributed by atoms with Crippen LogP contribution in [0.3, 0.4) is 0 Å². The molecule has 0 unspecified atom stereocenters. The van der Waals surface area contributed by atoms with Gasteiger partial charge < -0.3 is 5.11 Å². The number of nitrogens with one attached hydrogen (secondary N) is 1. The molecule has 0 amide bonds. The third-order valence-electron chi connectivity index (χ3n) is 2.69. The fourth-order valence-corrected chi connectivity index (χ4v) is 2.99. The largest absolute Gasteiger partial charge is 0.480 e. The Hall–Kier alpha value is -1.41. The molecular weight excluding hydrogens is 258 g/mol. The number of carboxylic acids is 1. The molecular formula is C10H17N3O4S. The van der Waals surface area contributed by atoms with Crippen LogP contribution in [0.4, 0.5) is 0 Å². The third-order valence-corrected chi connectivity index (χ3v) is 4.24. The number of aliphatic carboxylic acids is 1. The molecule has 0 spiro atoms. The van der Waals surface area contributed by atoms with Gasteiger partial charge in [0.2, 0.25) is 10.0 Å². The number of nitrogens with zero attached hydrogens (tertiary/aromatic N) is 2. The number of hydrogen-bond acceptors (Lipinski definition) is 4. The van der Waals surface area contributed by atoms with E-state index in [9.17, 15) is 13.2 Å². The summed E-state index contributed by atoms with van der Waals surface area (Å²) in [5, 5.41) is 12.8. The van der Waals surface area contributed by atoms with Gasteiger partial charge in [-0.2, -0.15) is 9.82 Å². The van der Waals surface area contributed by atoms with E-state index in [1.807, 2.05) is 0 Å². The van der Waals surface area contributed by atoms with Crippen molar-refractivity contribution in [2.45, 2.75) is 31.7 Å². The Morgan fingerprint density at radius 1 is 1.50 bits per heavy atom. The molecule has 18 heavy (non-hydrogen) atoms. The predicted octanol–water partition coefficient (Wildman–Crippen LogP) is 0.116. The van der Waals surface area contributed by atoms with Gasteiger partial charge in [0.25, 0.3) is 0 Å². The minimum atomic E-state index is -3.87. The monoisotopic (exact) mass is 275 g/mol. The maximum Gasteiger partial charge on any atom is 0.322 e. The predicted molar refractivity (Wildman–Crippen MR) is 64.5 cm³/mol. The highest BCUT2D eigenvalue weighted by Gasteiger charge is 2.29. The van der Waals surface area contributed by atoms with Crippen LogP contribution < -0.4 is 4.72 Å². The van der Waals surface area contributed by atoms with Crippen molar-refractivity contribution < 1.29 is 18.3 Å². The fraction of sp³-hybridized carbons (Fsp3) is 0.600. The molecule has 0 radical (unpaired) electrons. The summed E-state index contributed by atoms with van der Waals surface area (Å²) >= 11 is 0. The van der Waals surface area contributed by atoms with E-state index in [0.717, 1.165) is 0 Å². The summed E-state index contributed by atoms with van der Waals surface area (Å²) in [7, 11) is -2.26. The standard InChI is InChI=1S/C10H17N3O4S/c1-6(2)9(10(14)15)12-18(16,17)8-5-11-13(4)7(8)3/h5-6,9,12H,1-4H3,(H,14,15)/t9-/m0/s1. The lowest BCUT2D eigenvalue weighted by Crippen LogP contribution is -2.44. The molecule has 0 aliphatic heterocycles. The van der Waals surface area contributed by atoms with Crippen molar-refractivity contribution in [2.75, 3.05) is 0 Å². The quantitative estimate of drug-likeness (QED) is 0.794. The third kappa shape index (κ3) is 2.88. The fourth-order valence-electron chi connectivity index (χ4n) is 1.44. The Labute approximate surface area is 106 Å².